The molecule has 0 amide bonds. The molecule has 0 aromatic carbocycles. The molecular formula is C18H23N5OS. The second kappa shape index (κ2) is 9.31. The third kappa shape index (κ3) is 4.66. The number of allylic oxidation sites excluding steroid dienone is 6. The zero-order valence-electron chi connectivity index (χ0n) is 14.7. The molecule has 0 saturated carbocycles. The van der Waals surface area contributed by atoms with E-state index in [4.69, 9.17) is 0 Å². The molecule has 25 heavy (non-hydrogen) atoms. The normalized spacial score (nSPS) is 27.8. The Morgan fingerprint density at radius 1 is 1.36 bits per heavy atom. The summed E-state index contributed by atoms with van der Waals surface area (Å²) < 4.78 is 14.8. The minimum atomic E-state index is -1.17. The zero-order valence-corrected chi connectivity index (χ0v) is 15.6. The van der Waals surface area contributed by atoms with Crippen molar-refractivity contribution in [1.82, 2.24) is 10.0 Å². The third-order valence-electron chi connectivity index (χ3n) is 3.69. The number of hydrogen-bond acceptors (Lipinski definition) is 6. The summed E-state index contributed by atoms with van der Waals surface area (Å²) in [5, 5.41) is 3.06. The van der Waals surface area contributed by atoms with Crippen molar-refractivity contribution in [2.75, 3.05) is 21.1 Å². The lowest BCUT2D eigenvalue weighted by atomic mass is 10.0. The van der Waals surface area contributed by atoms with E-state index in [1.165, 1.54) is 6.20 Å². The minimum Gasteiger partial charge on any atom is -0.593 e. The van der Waals surface area contributed by atoms with Gasteiger partial charge in [0, 0.05) is 39.3 Å². The Hall–Kier alpha value is -2.22. The van der Waals surface area contributed by atoms with Crippen LogP contribution < -0.4 is 10.0 Å². The molecule has 2 N–H and O–H groups in total. The second-order valence-corrected chi connectivity index (χ2v) is 6.65. The molecule has 132 valence electrons. The number of nitrogens with zero attached hydrogens (tertiary/aromatic N) is 3. The van der Waals surface area contributed by atoms with Crippen molar-refractivity contribution in [3.05, 3.63) is 59.3 Å². The van der Waals surface area contributed by atoms with E-state index >= 15 is 0 Å². The van der Waals surface area contributed by atoms with Crippen LogP contribution in [0.15, 0.2) is 74.3 Å². The average Bonchev–Trinajstić information content (AvgIpc) is 2.61. The number of amidine groups is 1. The Morgan fingerprint density at radius 2 is 2.16 bits per heavy atom. The Morgan fingerprint density at radius 3 is 2.80 bits per heavy atom. The van der Waals surface area contributed by atoms with Crippen molar-refractivity contribution in [3.63, 3.8) is 0 Å². The predicted molar refractivity (Wildman–Crippen MR) is 107 cm³/mol. The van der Waals surface area contributed by atoms with E-state index in [1.807, 2.05) is 24.3 Å². The fraction of sp³-hybridized carbons (Fsp3) is 0.278. The summed E-state index contributed by atoms with van der Waals surface area (Å²) in [6.07, 6.45) is 12.9. The first-order valence-corrected chi connectivity index (χ1v) is 9.10. The van der Waals surface area contributed by atoms with Gasteiger partial charge in [0.1, 0.15) is 5.71 Å². The molecule has 7 heteroatoms. The summed E-state index contributed by atoms with van der Waals surface area (Å²) in [6.45, 7) is 3.65. The second-order valence-electron chi connectivity index (χ2n) is 5.18. The van der Waals surface area contributed by atoms with Gasteiger partial charge in [-0.2, -0.15) is 0 Å². The summed E-state index contributed by atoms with van der Waals surface area (Å²) in [4.78, 5) is 14.1. The highest BCUT2D eigenvalue weighted by atomic mass is 32.2. The van der Waals surface area contributed by atoms with Crippen LogP contribution in [0.25, 0.3) is 0 Å². The van der Waals surface area contributed by atoms with E-state index in [0.717, 1.165) is 34.7 Å². The van der Waals surface area contributed by atoms with Gasteiger partial charge < -0.3 is 9.87 Å². The molecule has 6 nitrogen and oxygen atoms in total. The molecule has 0 saturated heterocycles. The van der Waals surface area contributed by atoms with Crippen LogP contribution in [0.1, 0.15) is 12.8 Å². The molecule has 1 heterocycles. The molecule has 2 aliphatic rings. The van der Waals surface area contributed by atoms with Gasteiger partial charge in [-0.3, -0.25) is 9.98 Å². The highest BCUT2D eigenvalue weighted by Gasteiger charge is 2.21. The number of aliphatic imine (C=N–C) groups is 3. The van der Waals surface area contributed by atoms with E-state index in [0.29, 0.717) is 11.5 Å². The van der Waals surface area contributed by atoms with Crippen molar-refractivity contribution in [2.24, 2.45) is 15.0 Å². The van der Waals surface area contributed by atoms with Gasteiger partial charge in [-0.1, -0.05) is 18.7 Å². The van der Waals surface area contributed by atoms with Gasteiger partial charge in [0.05, 0.1) is 22.8 Å². The molecule has 1 aliphatic heterocycles. The van der Waals surface area contributed by atoms with E-state index in [9.17, 15) is 4.55 Å². The van der Waals surface area contributed by atoms with Crippen LogP contribution in [0.2, 0.25) is 0 Å². The predicted octanol–water partition coefficient (Wildman–Crippen LogP) is 2.20. The first-order valence-electron chi connectivity index (χ1n) is 7.95. The molecule has 0 aromatic heterocycles. The van der Waals surface area contributed by atoms with Crippen molar-refractivity contribution < 1.29 is 4.55 Å². The van der Waals surface area contributed by atoms with Crippen molar-refractivity contribution >= 4 is 28.6 Å². The fourth-order valence-electron chi connectivity index (χ4n) is 2.45. The summed E-state index contributed by atoms with van der Waals surface area (Å²) in [5.41, 5.74) is 3.09. The standard InChI is InChI=1S/C18H23N5OS/c1-5-22-17-16(19-2)12-15(23-18(17)20-3)13-8-6-7-9-14(11-10-13)25(24)21-4/h5-6,8,10-12,21H,1,7,9H2,2-4H3,(H,20,23)/b8-6-,13-10+,14-11+,19-16-,22-17+. The fourth-order valence-corrected chi connectivity index (χ4v) is 3.21. The van der Waals surface area contributed by atoms with Crippen LogP contribution >= 0.6 is 0 Å². The molecule has 1 atom stereocenters. The van der Waals surface area contributed by atoms with Gasteiger partial charge >= 0.3 is 0 Å². The quantitative estimate of drug-likeness (QED) is 0.757. The molecule has 2 rings (SSSR count). The molecule has 1 aliphatic carbocycles. The monoisotopic (exact) mass is 357 g/mol. The van der Waals surface area contributed by atoms with Gasteiger partial charge in [-0.25, -0.2) is 4.99 Å². The molecular weight excluding hydrogens is 334 g/mol. The Balaban J connectivity index is 2.47. The van der Waals surface area contributed by atoms with Gasteiger partial charge in [0.15, 0.2) is 10.7 Å². The number of hydrogen-bond donors (Lipinski definition) is 2. The summed E-state index contributed by atoms with van der Waals surface area (Å²) in [5.74, 6) is 0.636. The van der Waals surface area contributed by atoms with Gasteiger partial charge in [0.25, 0.3) is 0 Å². The Labute approximate surface area is 151 Å². The van der Waals surface area contributed by atoms with Crippen LogP contribution in [-0.2, 0) is 11.4 Å². The lowest BCUT2D eigenvalue weighted by molar-refractivity contribution is 0.591. The lowest BCUT2D eigenvalue weighted by Crippen LogP contribution is -2.35. The third-order valence-corrected chi connectivity index (χ3v) is 4.88. The van der Waals surface area contributed by atoms with Gasteiger partial charge in [-0.05, 0) is 24.6 Å². The maximum absolute atomic E-state index is 12.0. The number of rotatable bonds is 4. The van der Waals surface area contributed by atoms with Crippen LogP contribution in [0.4, 0.5) is 0 Å². The molecule has 0 radical (unpaired) electrons. The lowest BCUT2D eigenvalue weighted by Gasteiger charge is -2.17. The first kappa shape index (κ1) is 19.1. The van der Waals surface area contributed by atoms with E-state index < -0.39 is 11.4 Å². The molecule has 1 unspecified atom stereocenters. The zero-order chi connectivity index (χ0) is 18.2. The van der Waals surface area contributed by atoms with Crippen LogP contribution in [-0.4, -0.2) is 43.0 Å². The topological polar surface area (TPSA) is 84.2 Å². The summed E-state index contributed by atoms with van der Waals surface area (Å²) >= 11 is -1.17. The molecule has 0 fully saturated rings. The highest BCUT2D eigenvalue weighted by molar-refractivity contribution is 7.93. The van der Waals surface area contributed by atoms with Crippen molar-refractivity contribution in [2.45, 2.75) is 12.8 Å². The van der Waals surface area contributed by atoms with Crippen LogP contribution in [0.5, 0.6) is 0 Å². The van der Waals surface area contributed by atoms with Crippen LogP contribution in [0.3, 0.4) is 0 Å². The SMILES string of the molecule is C=C/N=C1/C(NC)=NC(C2=C/C=C(/[S+]([O-])NC)CC/C=C\2)=C/C1=N/C. The van der Waals surface area contributed by atoms with Gasteiger partial charge in [-0.15, -0.1) is 4.72 Å². The summed E-state index contributed by atoms with van der Waals surface area (Å²) in [7, 11) is 5.20. The summed E-state index contributed by atoms with van der Waals surface area (Å²) in [6, 6.07) is 0. The first-order chi connectivity index (χ1) is 12.1. The Kier molecular flexibility index (Phi) is 7.12. The minimum absolute atomic E-state index is 0.636. The maximum Gasteiger partial charge on any atom is 0.154 e. The average molecular weight is 357 g/mol. The number of nitrogens with one attached hydrogen (secondary N) is 2. The van der Waals surface area contributed by atoms with Crippen molar-refractivity contribution in [3.8, 4) is 0 Å². The Bertz CT molecular complexity index is 741. The van der Waals surface area contributed by atoms with E-state index in [1.54, 1.807) is 21.1 Å². The van der Waals surface area contributed by atoms with E-state index in [-0.39, 0.29) is 0 Å². The maximum atomic E-state index is 12.0. The molecule has 0 aromatic rings. The van der Waals surface area contributed by atoms with E-state index in [2.05, 4.69) is 37.7 Å². The smallest absolute Gasteiger partial charge is 0.154 e. The highest BCUT2D eigenvalue weighted by Crippen LogP contribution is 2.23. The molecule has 0 bridgehead atoms. The van der Waals surface area contributed by atoms with Crippen molar-refractivity contribution in [1.29, 1.82) is 0 Å². The van der Waals surface area contributed by atoms with Gasteiger partial charge in [0.2, 0.25) is 0 Å². The van der Waals surface area contributed by atoms with Crippen LogP contribution in [0, 0.1) is 0 Å². The molecule has 0 spiro atoms. The largest absolute Gasteiger partial charge is 0.593 e.